The number of aryl methyl sites for hydroxylation is 1. The van der Waals surface area contributed by atoms with Crippen LogP contribution >= 0.6 is 11.3 Å². The number of ether oxygens (including phenoxy) is 1. The number of piperidine rings is 1. The number of rotatable bonds is 7. The van der Waals surface area contributed by atoms with E-state index in [0.717, 1.165) is 24.8 Å². The standard InChI is InChI=1S/C20H24N2O5S2/c1-27-20(24)19-17(11-14-28-19)21-18(23)10-7-15-5-8-16(9-6-15)29(25,26)22-12-3-2-4-13-22/h5-6,8-9,11,14H,2-4,7,10,12-13H2,1H3,(H,21,23). The van der Waals surface area contributed by atoms with Crippen molar-refractivity contribution in [3.63, 3.8) is 0 Å². The number of esters is 1. The maximum Gasteiger partial charge on any atom is 0.350 e. The van der Waals surface area contributed by atoms with E-state index in [4.69, 9.17) is 4.74 Å². The molecular formula is C20H24N2O5S2. The smallest absolute Gasteiger partial charge is 0.350 e. The minimum atomic E-state index is -3.45. The van der Waals surface area contributed by atoms with Crippen molar-refractivity contribution in [1.29, 1.82) is 0 Å². The molecule has 156 valence electrons. The van der Waals surface area contributed by atoms with Gasteiger partial charge < -0.3 is 10.1 Å². The fourth-order valence-electron chi connectivity index (χ4n) is 3.21. The van der Waals surface area contributed by atoms with Gasteiger partial charge in [0, 0.05) is 19.5 Å². The van der Waals surface area contributed by atoms with Crippen LogP contribution in [0.2, 0.25) is 0 Å². The first-order chi connectivity index (χ1) is 13.9. The molecule has 2 aromatic rings. The van der Waals surface area contributed by atoms with Crippen LogP contribution < -0.4 is 5.32 Å². The van der Waals surface area contributed by atoms with Gasteiger partial charge in [-0.25, -0.2) is 13.2 Å². The lowest BCUT2D eigenvalue weighted by Crippen LogP contribution is -2.35. The molecular weight excluding hydrogens is 412 g/mol. The molecule has 1 aromatic carbocycles. The summed E-state index contributed by atoms with van der Waals surface area (Å²) in [4.78, 5) is 24.5. The Hall–Kier alpha value is -2.23. The van der Waals surface area contributed by atoms with Crippen LogP contribution in [-0.2, 0) is 26.0 Å². The van der Waals surface area contributed by atoms with Crippen molar-refractivity contribution < 1.29 is 22.7 Å². The summed E-state index contributed by atoms with van der Waals surface area (Å²) < 4.78 is 31.6. The van der Waals surface area contributed by atoms with Crippen LogP contribution in [0.15, 0.2) is 40.6 Å². The zero-order valence-electron chi connectivity index (χ0n) is 16.2. The lowest BCUT2D eigenvalue weighted by Gasteiger charge is -2.25. The van der Waals surface area contributed by atoms with Gasteiger partial charge >= 0.3 is 5.97 Å². The molecule has 1 N–H and O–H groups in total. The van der Waals surface area contributed by atoms with E-state index in [9.17, 15) is 18.0 Å². The number of anilines is 1. The third kappa shape index (κ3) is 5.23. The molecule has 0 spiro atoms. The molecule has 0 saturated carbocycles. The van der Waals surface area contributed by atoms with E-state index in [1.165, 1.54) is 18.4 Å². The van der Waals surface area contributed by atoms with E-state index in [1.54, 1.807) is 40.0 Å². The molecule has 2 heterocycles. The molecule has 7 nitrogen and oxygen atoms in total. The molecule has 1 saturated heterocycles. The Kier molecular flexibility index (Phi) is 7.05. The van der Waals surface area contributed by atoms with Gasteiger partial charge in [-0.1, -0.05) is 18.6 Å². The SMILES string of the molecule is COC(=O)c1sccc1NC(=O)CCc1ccc(S(=O)(=O)N2CCCCC2)cc1. The van der Waals surface area contributed by atoms with Crippen molar-refractivity contribution in [2.24, 2.45) is 0 Å². The number of hydrogen-bond donors (Lipinski definition) is 1. The third-order valence-corrected chi connectivity index (χ3v) is 7.63. The lowest BCUT2D eigenvalue weighted by atomic mass is 10.1. The van der Waals surface area contributed by atoms with Crippen LogP contribution in [0, 0.1) is 0 Å². The summed E-state index contributed by atoms with van der Waals surface area (Å²) in [7, 11) is -2.15. The first-order valence-corrected chi connectivity index (χ1v) is 11.8. The molecule has 0 atom stereocenters. The topological polar surface area (TPSA) is 92.8 Å². The molecule has 1 aliphatic heterocycles. The van der Waals surface area contributed by atoms with Gasteiger partial charge in [-0.3, -0.25) is 4.79 Å². The van der Waals surface area contributed by atoms with Gasteiger partial charge in [-0.05, 0) is 48.4 Å². The second-order valence-corrected chi connectivity index (χ2v) is 9.67. The van der Waals surface area contributed by atoms with Crippen molar-refractivity contribution in [3.05, 3.63) is 46.2 Å². The Balaban J connectivity index is 1.57. The molecule has 1 aromatic heterocycles. The number of nitrogens with one attached hydrogen (secondary N) is 1. The number of thiophene rings is 1. The highest BCUT2D eigenvalue weighted by Gasteiger charge is 2.25. The molecule has 9 heteroatoms. The van der Waals surface area contributed by atoms with Crippen LogP contribution in [-0.4, -0.2) is 44.8 Å². The average Bonchev–Trinajstić information content (AvgIpc) is 3.20. The zero-order valence-corrected chi connectivity index (χ0v) is 17.9. The fourth-order valence-corrected chi connectivity index (χ4v) is 5.49. The van der Waals surface area contributed by atoms with Gasteiger partial charge in [0.05, 0.1) is 17.7 Å². The summed E-state index contributed by atoms with van der Waals surface area (Å²) >= 11 is 1.20. The summed E-state index contributed by atoms with van der Waals surface area (Å²) in [5.41, 5.74) is 1.31. The minimum absolute atomic E-state index is 0.217. The number of nitrogens with zero attached hydrogens (tertiary/aromatic N) is 1. The number of methoxy groups -OCH3 is 1. The Morgan fingerprint density at radius 3 is 2.45 bits per heavy atom. The number of carbonyl (C=O) groups is 2. The summed E-state index contributed by atoms with van der Waals surface area (Å²) in [6.45, 7) is 1.14. The molecule has 29 heavy (non-hydrogen) atoms. The number of amides is 1. The van der Waals surface area contributed by atoms with Gasteiger partial charge in [0.25, 0.3) is 0 Å². The molecule has 0 aliphatic carbocycles. The summed E-state index contributed by atoms with van der Waals surface area (Å²) in [6.07, 6.45) is 3.55. The maximum atomic E-state index is 12.7. The minimum Gasteiger partial charge on any atom is -0.465 e. The molecule has 0 radical (unpaired) electrons. The number of hydrogen-bond acceptors (Lipinski definition) is 6. The predicted octanol–water partition coefficient (Wildman–Crippen LogP) is 3.28. The summed E-state index contributed by atoms with van der Waals surface area (Å²) in [5.74, 6) is -0.709. The third-order valence-electron chi connectivity index (χ3n) is 4.83. The van der Waals surface area contributed by atoms with Crippen molar-refractivity contribution >= 4 is 38.9 Å². The van der Waals surface area contributed by atoms with E-state index in [2.05, 4.69) is 5.32 Å². The van der Waals surface area contributed by atoms with Gasteiger partial charge in [0.2, 0.25) is 15.9 Å². The molecule has 0 bridgehead atoms. The highest BCUT2D eigenvalue weighted by atomic mass is 32.2. The van der Waals surface area contributed by atoms with E-state index < -0.39 is 16.0 Å². The van der Waals surface area contributed by atoms with Crippen molar-refractivity contribution in [2.75, 3.05) is 25.5 Å². The highest BCUT2D eigenvalue weighted by Crippen LogP contribution is 2.24. The monoisotopic (exact) mass is 436 g/mol. The largest absolute Gasteiger partial charge is 0.465 e. The van der Waals surface area contributed by atoms with E-state index in [0.29, 0.717) is 30.1 Å². The summed E-state index contributed by atoms with van der Waals surface area (Å²) in [5, 5.41) is 4.43. The average molecular weight is 437 g/mol. The van der Waals surface area contributed by atoms with Crippen molar-refractivity contribution in [2.45, 2.75) is 37.0 Å². The van der Waals surface area contributed by atoms with Gasteiger partial charge in [-0.15, -0.1) is 11.3 Å². The second kappa shape index (κ2) is 9.51. The van der Waals surface area contributed by atoms with Crippen molar-refractivity contribution in [1.82, 2.24) is 4.31 Å². The van der Waals surface area contributed by atoms with Crippen LogP contribution in [0.25, 0.3) is 0 Å². The lowest BCUT2D eigenvalue weighted by molar-refractivity contribution is -0.116. The maximum absolute atomic E-state index is 12.7. The Bertz CT molecular complexity index is 961. The van der Waals surface area contributed by atoms with E-state index >= 15 is 0 Å². The number of carbonyl (C=O) groups excluding carboxylic acids is 2. The van der Waals surface area contributed by atoms with Gasteiger partial charge in [0.15, 0.2) is 0 Å². The first-order valence-electron chi connectivity index (χ1n) is 9.46. The molecule has 3 rings (SSSR count). The van der Waals surface area contributed by atoms with E-state index in [-0.39, 0.29) is 17.2 Å². The molecule has 1 fully saturated rings. The molecule has 1 aliphatic rings. The van der Waals surface area contributed by atoms with Crippen molar-refractivity contribution in [3.8, 4) is 0 Å². The number of sulfonamides is 1. The Labute approximate surface area is 174 Å². The van der Waals surface area contributed by atoms with Crippen LogP contribution in [0.5, 0.6) is 0 Å². The van der Waals surface area contributed by atoms with E-state index in [1.807, 2.05) is 0 Å². The zero-order chi connectivity index (χ0) is 20.9. The van der Waals surface area contributed by atoms with Gasteiger partial charge in [-0.2, -0.15) is 4.31 Å². The normalized spacial score (nSPS) is 15.1. The summed E-state index contributed by atoms with van der Waals surface area (Å²) in [6, 6.07) is 8.36. The highest BCUT2D eigenvalue weighted by molar-refractivity contribution is 7.89. The van der Waals surface area contributed by atoms with Crippen LogP contribution in [0.1, 0.15) is 40.9 Å². The Morgan fingerprint density at radius 2 is 1.79 bits per heavy atom. The predicted molar refractivity (Wildman–Crippen MR) is 112 cm³/mol. The fraction of sp³-hybridized carbons (Fsp3) is 0.400. The van der Waals surface area contributed by atoms with Crippen LogP contribution in [0.3, 0.4) is 0 Å². The quantitative estimate of drug-likeness (QED) is 0.673. The van der Waals surface area contributed by atoms with Crippen LogP contribution in [0.4, 0.5) is 5.69 Å². The number of benzene rings is 1. The molecule has 0 unspecified atom stereocenters. The second-order valence-electron chi connectivity index (χ2n) is 6.81. The molecule has 1 amide bonds. The Morgan fingerprint density at radius 1 is 1.10 bits per heavy atom. The first kappa shape index (κ1) is 21.5. The van der Waals surface area contributed by atoms with Gasteiger partial charge in [0.1, 0.15) is 4.88 Å².